The summed E-state index contributed by atoms with van der Waals surface area (Å²) in [5.41, 5.74) is 0.836. The molecule has 0 unspecified atom stereocenters. The summed E-state index contributed by atoms with van der Waals surface area (Å²) < 4.78 is 31.4. The first-order chi connectivity index (χ1) is 7.54. The first kappa shape index (κ1) is 14.4. The average molecular weight is 258 g/mol. The van der Waals surface area contributed by atoms with Gasteiger partial charge in [-0.25, -0.2) is 0 Å². The van der Waals surface area contributed by atoms with E-state index >= 15 is 0 Å². The fourth-order valence-electron chi connectivity index (χ4n) is 1.70. The third-order valence-corrected chi connectivity index (χ3v) is 3.33. The van der Waals surface area contributed by atoms with Crippen molar-refractivity contribution in [3.63, 3.8) is 0 Å². The van der Waals surface area contributed by atoms with E-state index in [2.05, 4.69) is 6.58 Å². The minimum absolute atomic E-state index is 0. The van der Waals surface area contributed by atoms with Crippen molar-refractivity contribution in [2.24, 2.45) is 0 Å². The molecule has 0 saturated carbocycles. The molecule has 0 fully saturated rings. The summed E-state index contributed by atoms with van der Waals surface area (Å²) in [6.07, 6.45) is 1.65. The van der Waals surface area contributed by atoms with Crippen LogP contribution in [-0.2, 0) is 10.1 Å². The van der Waals surface area contributed by atoms with Crippen LogP contribution in [-0.4, -0.2) is 13.0 Å². The molecule has 3 nitrogen and oxygen atoms in total. The van der Waals surface area contributed by atoms with E-state index in [4.69, 9.17) is 4.55 Å². The molecule has 5 heteroatoms. The van der Waals surface area contributed by atoms with Gasteiger partial charge in [-0.1, -0.05) is 43.0 Å². The summed E-state index contributed by atoms with van der Waals surface area (Å²) in [5.74, 6) is 0. The van der Waals surface area contributed by atoms with Gasteiger partial charge in [0.2, 0.25) is 0 Å². The number of benzene rings is 2. The van der Waals surface area contributed by atoms with E-state index in [-0.39, 0.29) is 35.9 Å². The van der Waals surface area contributed by atoms with Crippen molar-refractivity contribution >= 4 is 27.0 Å². The van der Waals surface area contributed by atoms with Crippen LogP contribution in [0.15, 0.2) is 47.9 Å². The molecule has 0 spiro atoms. The van der Waals surface area contributed by atoms with Crippen LogP contribution in [0.25, 0.3) is 16.8 Å². The van der Waals surface area contributed by atoms with Gasteiger partial charge < -0.3 is 1.43 Å². The van der Waals surface area contributed by atoms with Gasteiger partial charge in [0.25, 0.3) is 10.1 Å². The molecule has 2 aromatic carbocycles. The fourth-order valence-corrected chi connectivity index (χ4v) is 2.39. The van der Waals surface area contributed by atoms with Crippen LogP contribution in [0, 0.1) is 0 Å². The zero-order valence-corrected chi connectivity index (χ0v) is 12.2. The maximum Gasteiger partial charge on any atom is 1.00 e. The third kappa shape index (κ3) is 2.78. The minimum atomic E-state index is -4.19. The largest absolute Gasteiger partial charge is 1.00 e. The predicted molar refractivity (Wildman–Crippen MR) is 65.0 cm³/mol. The van der Waals surface area contributed by atoms with E-state index in [1.165, 1.54) is 6.07 Å². The normalized spacial score (nSPS) is 10.9. The van der Waals surface area contributed by atoms with Crippen LogP contribution in [0.2, 0.25) is 0 Å². The molecule has 0 bridgehead atoms. The van der Waals surface area contributed by atoms with E-state index in [1.54, 1.807) is 30.3 Å². The number of hydrogen-bond donors (Lipinski definition) is 1. The van der Waals surface area contributed by atoms with Gasteiger partial charge in [0.05, 0.1) is 0 Å². The van der Waals surface area contributed by atoms with Crippen molar-refractivity contribution in [1.29, 1.82) is 0 Å². The van der Waals surface area contributed by atoms with Crippen molar-refractivity contribution in [2.75, 3.05) is 0 Å². The Labute approximate surface area is 124 Å². The smallest absolute Gasteiger partial charge is 1.00 e. The van der Waals surface area contributed by atoms with Crippen molar-refractivity contribution in [1.82, 2.24) is 0 Å². The molecule has 0 radical (unpaired) electrons. The monoisotopic (exact) mass is 258 g/mol. The van der Waals surface area contributed by atoms with Gasteiger partial charge in [0.1, 0.15) is 4.90 Å². The summed E-state index contributed by atoms with van der Waals surface area (Å²) in [5, 5.41) is 1.26. The Hall–Kier alpha value is -0.650. The van der Waals surface area contributed by atoms with Gasteiger partial charge in [-0.05, 0) is 17.0 Å². The van der Waals surface area contributed by atoms with Crippen molar-refractivity contribution in [3.05, 3.63) is 48.5 Å². The molecule has 0 aromatic heterocycles. The fraction of sp³-hybridized carbons (Fsp3) is 0. The molecule has 0 aliphatic carbocycles. The zero-order valence-electron chi connectivity index (χ0n) is 10.4. The van der Waals surface area contributed by atoms with E-state index < -0.39 is 10.1 Å². The van der Waals surface area contributed by atoms with Crippen LogP contribution in [0.3, 0.4) is 0 Å². The Morgan fingerprint density at radius 1 is 1.12 bits per heavy atom. The Balaban J connectivity index is 0.00000144. The summed E-state index contributed by atoms with van der Waals surface area (Å²) in [4.78, 5) is -0.0753. The second-order valence-corrected chi connectivity index (χ2v) is 4.77. The predicted octanol–water partition coefficient (Wildman–Crippen LogP) is -0.154. The molecule has 0 aliphatic heterocycles. The average Bonchev–Trinajstić information content (AvgIpc) is 2.26. The van der Waals surface area contributed by atoms with E-state index in [9.17, 15) is 8.42 Å². The molecule has 0 amide bonds. The van der Waals surface area contributed by atoms with Gasteiger partial charge in [-0.3, -0.25) is 4.55 Å². The van der Waals surface area contributed by atoms with Crippen LogP contribution in [0.5, 0.6) is 0 Å². The van der Waals surface area contributed by atoms with Crippen molar-refractivity contribution in [2.45, 2.75) is 4.90 Å². The van der Waals surface area contributed by atoms with Crippen molar-refractivity contribution in [3.8, 4) is 0 Å². The molecular formula is C12H11NaO3S. The SMILES string of the molecule is C=Cc1ccc(S(=O)(=O)O)c2ccccc12.[H-].[Na+]. The topological polar surface area (TPSA) is 54.4 Å². The third-order valence-electron chi connectivity index (χ3n) is 2.42. The summed E-state index contributed by atoms with van der Waals surface area (Å²) in [6, 6.07) is 9.99. The van der Waals surface area contributed by atoms with Crippen LogP contribution in [0.1, 0.15) is 6.99 Å². The first-order valence-corrected chi connectivity index (χ1v) is 6.10. The Bertz CT molecular complexity index is 668. The molecule has 0 saturated heterocycles. The molecule has 0 heterocycles. The summed E-state index contributed by atoms with van der Waals surface area (Å²) in [7, 11) is -4.19. The van der Waals surface area contributed by atoms with Gasteiger partial charge >= 0.3 is 29.6 Å². The van der Waals surface area contributed by atoms with E-state index in [1.807, 2.05) is 6.07 Å². The second-order valence-electron chi connectivity index (χ2n) is 3.38. The first-order valence-electron chi connectivity index (χ1n) is 4.65. The minimum Gasteiger partial charge on any atom is -1.00 e. The van der Waals surface area contributed by atoms with Gasteiger partial charge in [0, 0.05) is 5.39 Å². The van der Waals surface area contributed by atoms with Crippen molar-refractivity contribution < 1.29 is 44.0 Å². The summed E-state index contributed by atoms with van der Waals surface area (Å²) >= 11 is 0. The molecule has 84 valence electrons. The molecular weight excluding hydrogens is 247 g/mol. The van der Waals surface area contributed by atoms with Gasteiger partial charge in [0.15, 0.2) is 0 Å². The number of hydrogen-bond acceptors (Lipinski definition) is 2. The summed E-state index contributed by atoms with van der Waals surface area (Å²) in [6.45, 7) is 3.66. The molecule has 0 aliphatic rings. The van der Waals surface area contributed by atoms with E-state index in [0.717, 1.165) is 10.9 Å². The standard InChI is InChI=1S/C12H10O3S.Na.H/c1-2-9-7-8-12(16(13,14)15)11-6-4-3-5-10(9)11;;/h2-8H,1H2,(H,13,14,15);;/q;+1;-1. The molecule has 2 aromatic rings. The number of rotatable bonds is 2. The van der Waals surface area contributed by atoms with Gasteiger partial charge in [-0.2, -0.15) is 8.42 Å². The molecule has 17 heavy (non-hydrogen) atoms. The maximum atomic E-state index is 11.2. The second kappa shape index (κ2) is 5.33. The van der Waals surface area contributed by atoms with E-state index in [0.29, 0.717) is 5.39 Å². The Morgan fingerprint density at radius 3 is 2.24 bits per heavy atom. The van der Waals surface area contributed by atoms with Crippen LogP contribution < -0.4 is 29.6 Å². The molecule has 2 rings (SSSR count). The quantitative estimate of drug-likeness (QED) is 0.602. The molecule has 0 atom stereocenters. The Morgan fingerprint density at radius 2 is 1.71 bits per heavy atom. The molecule has 1 N–H and O–H groups in total. The zero-order chi connectivity index (χ0) is 11.8. The maximum absolute atomic E-state index is 11.2. The van der Waals surface area contributed by atoms with Crippen LogP contribution in [0.4, 0.5) is 0 Å². The van der Waals surface area contributed by atoms with Gasteiger partial charge in [-0.15, -0.1) is 0 Å². The number of fused-ring (bicyclic) bond motifs is 1. The van der Waals surface area contributed by atoms with Crippen LogP contribution >= 0.6 is 0 Å². The Kier molecular flexibility index (Phi) is 4.52.